The second-order valence-corrected chi connectivity index (χ2v) is 2.53. The van der Waals surface area contributed by atoms with Gasteiger partial charge < -0.3 is 5.11 Å². The lowest BCUT2D eigenvalue weighted by molar-refractivity contribution is 0.471. The molecule has 5 nitrogen and oxygen atoms in total. The Morgan fingerprint density at radius 1 is 1.47 bits per heavy atom. The third-order valence-corrected chi connectivity index (χ3v) is 1.56. The van der Waals surface area contributed by atoms with Crippen LogP contribution in [-0.4, -0.2) is 24.7 Å². The van der Waals surface area contributed by atoms with Gasteiger partial charge >= 0.3 is 0 Å². The van der Waals surface area contributed by atoms with E-state index < -0.39 is 5.82 Å². The Balaban J connectivity index is 3.27. The van der Waals surface area contributed by atoms with E-state index in [9.17, 15) is 9.50 Å². The van der Waals surface area contributed by atoms with Gasteiger partial charge in [0.1, 0.15) is 11.6 Å². The molecule has 0 aliphatic rings. The van der Waals surface area contributed by atoms with Gasteiger partial charge in [-0.25, -0.2) is 4.39 Å². The monoisotopic (exact) mass is 208 g/mol. The summed E-state index contributed by atoms with van der Waals surface area (Å²) in [6.45, 7) is 3.15. The molecule has 78 valence electrons. The van der Waals surface area contributed by atoms with Crippen LogP contribution in [0.5, 0.6) is 5.75 Å². The van der Waals surface area contributed by atoms with Crippen LogP contribution >= 0.6 is 0 Å². The number of phenolic OH excluding ortho intramolecular Hbond substituents is 1. The van der Waals surface area contributed by atoms with Crippen molar-refractivity contribution in [2.45, 2.75) is 0 Å². The highest BCUT2D eigenvalue weighted by Gasteiger charge is 2.09. The first-order valence-corrected chi connectivity index (χ1v) is 4.01. The molecule has 0 amide bonds. The molecule has 1 N–H and O–H groups in total. The molecule has 0 unspecified atom stereocenters. The fourth-order valence-corrected chi connectivity index (χ4v) is 0.977. The van der Waals surface area contributed by atoms with Crippen molar-refractivity contribution in [3.63, 3.8) is 0 Å². The fraction of sp³-hybridized carbons (Fsp3) is 0.111. The van der Waals surface area contributed by atoms with Crippen molar-refractivity contribution in [1.82, 2.24) is 0 Å². The van der Waals surface area contributed by atoms with Gasteiger partial charge in [-0.15, -0.1) is 10.2 Å². The first kappa shape index (κ1) is 11.0. The Morgan fingerprint density at radius 3 is 2.80 bits per heavy atom. The van der Waals surface area contributed by atoms with Crippen LogP contribution in [0.4, 0.5) is 4.39 Å². The maximum atomic E-state index is 12.9. The maximum absolute atomic E-state index is 12.9. The Kier molecular flexibility index (Phi) is 3.61. The molecule has 0 aliphatic carbocycles. The summed E-state index contributed by atoms with van der Waals surface area (Å²) >= 11 is 0. The number of azo groups is 1. The van der Waals surface area contributed by atoms with Crippen molar-refractivity contribution in [1.29, 1.82) is 0 Å². The Hall–Kier alpha value is -2.11. The van der Waals surface area contributed by atoms with Gasteiger partial charge in [0.2, 0.25) is 5.84 Å². The summed E-state index contributed by atoms with van der Waals surface area (Å²) in [4.78, 5) is 0. The van der Waals surface area contributed by atoms with Gasteiger partial charge in [-0.3, -0.25) is 0 Å². The predicted molar refractivity (Wildman–Crippen MR) is 54.9 cm³/mol. The standard InChI is InChI=1S/C9H9FN4O/c1-11-13-9(14-12-2)7-5-6(10)3-4-8(7)15/h3-5,15H,1H2,2H3/b13-9-,14-12?. The molecule has 15 heavy (non-hydrogen) atoms. The second-order valence-electron chi connectivity index (χ2n) is 2.53. The van der Waals surface area contributed by atoms with Crippen LogP contribution in [0.3, 0.4) is 0 Å². The molecule has 0 spiro atoms. The van der Waals surface area contributed by atoms with Crippen molar-refractivity contribution >= 4 is 12.6 Å². The molecule has 0 atom stereocenters. The summed E-state index contributed by atoms with van der Waals surface area (Å²) in [5, 5.41) is 23.3. The Labute approximate surface area is 85.7 Å². The van der Waals surface area contributed by atoms with E-state index in [0.717, 1.165) is 12.1 Å². The van der Waals surface area contributed by atoms with Crippen LogP contribution in [0.25, 0.3) is 0 Å². The van der Waals surface area contributed by atoms with Crippen LogP contribution in [0.1, 0.15) is 5.56 Å². The SMILES string of the molecule is C=N/N=C(\N=NC)c1cc(F)ccc1O. The smallest absolute Gasteiger partial charge is 0.206 e. The molecular formula is C9H9FN4O. The second kappa shape index (κ2) is 4.94. The number of halogens is 1. The van der Waals surface area contributed by atoms with E-state index in [2.05, 4.69) is 27.1 Å². The zero-order valence-corrected chi connectivity index (χ0v) is 8.05. The van der Waals surface area contributed by atoms with E-state index >= 15 is 0 Å². The fourth-order valence-electron chi connectivity index (χ4n) is 0.977. The van der Waals surface area contributed by atoms with Gasteiger partial charge in [0.05, 0.1) is 5.56 Å². The highest BCUT2D eigenvalue weighted by Crippen LogP contribution is 2.19. The predicted octanol–water partition coefficient (Wildman–Crippen LogP) is 1.98. The van der Waals surface area contributed by atoms with Gasteiger partial charge in [-0.2, -0.15) is 10.2 Å². The van der Waals surface area contributed by atoms with Gasteiger partial charge in [0, 0.05) is 13.8 Å². The van der Waals surface area contributed by atoms with Crippen molar-refractivity contribution in [2.24, 2.45) is 20.4 Å². The lowest BCUT2D eigenvalue weighted by Crippen LogP contribution is -1.97. The van der Waals surface area contributed by atoms with Crippen LogP contribution < -0.4 is 0 Å². The number of nitrogens with zero attached hydrogens (tertiary/aromatic N) is 4. The third kappa shape index (κ3) is 2.67. The first-order chi connectivity index (χ1) is 7.19. The zero-order valence-electron chi connectivity index (χ0n) is 8.05. The number of hydrogen-bond acceptors (Lipinski definition) is 4. The molecule has 1 aromatic carbocycles. The van der Waals surface area contributed by atoms with Crippen LogP contribution in [0.15, 0.2) is 38.6 Å². The van der Waals surface area contributed by atoms with Gasteiger partial charge in [0.15, 0.2) is 0 Å². The summed E-state index contributed by atoms with van der Waals surface area (Å²) < 4.78 is 12.9. The molecule has 0 saturated heterocycles. The van der Waals surface area contributed by atoms with Crippen LogP contribution in [-0.2, 0) is 0 Å². The lowest BCUT2D eigenvalue weighted by atomic mass is 10.2. The average Bonchev–Trinajstić information content (AvgIpc) is 2.21. The summed E-state index contributed by atoms with van der Waals surface area (Å²) in [6, 6.07) is 3.42. The summed E-state index contributed by atoms with van der Waals surface area (Å²) in [5.74, 6) is -0.651. The molecule has 1 rings (SSSR count). The summed E-state index contributed by atoms with van der Waals surface area (Å²) in [5.41, 5.74) is 0.119. The first-order valence-electron chi connectivity index (χ1n) is 4.01. The van der Waals surface area contributed by atoms with E-state index in [-0.39, 0.29) is 17.1 Å². The largest absolute Gasteiger partial charge is 0.507 e. The minimum atomic E-state index is -0.508. The quantitative estimate of drug-likeness (QED) is 0.343. The Morgan fingerprint density at radius 2 is 2.20 bits per heavy atom. The number of aromatic hydroxyl groups is 1. The molecule has 0 radical (unpaired) electrons. The molecule has 0 heterocycles. The topological polar surface area (TPSA) is 69.7 Å². The summed E-state index contributed by atoms with van der Waals surface area (Å²) in [7, 11) is 1.43. The van der Waals surface area contributed by atoms with Gasteiger partial charge in [-0.05, 0) is 18.2 Å². The van der Waals surface area contributed by atoms with Crippen molar-refractivity contribution in [3.8, 4) is 5.75 Å². The van der Waals surface area contributed by atoms with E-state index in [1.807, 2.05) is 0 Å². The van der Waals surface area contributed by atoms with Gasteiger partial charge in [-0.1, -0.05) is 0 Å². The van der Waals surface area contributed by atoms with Gasteiger partial charge in [0.25, 0.3) is 0 Å². The van der Waals surface area contributed by atoms with E-state index in [4.69, 9.17) is 0 Å². The normalized spacial score (nSPS) is 12.0. The zero-order chi connectivity index (χ0) is 11.3. The molecule has 0 fully saturated rings. The number of amidine groups is 1. The van der Waals surface area contributed by atoms with Crippen LogP contribution in [0, 0.1) is 5.82 Å². The molecule has 1 aromatic rings. The minimum Gasteiger partial charge on any atom is -0.507 e. The molecule has 0 aromatic heterocycles. The molecule has 0 saturated carbocycles. The highest BCUT2D eigenvalue weighted by atomic mass is 19.1. The third-order valence-electron chi connectivity index (χ3n) is 1.56. The molecule has 6 heteroatoms. The molecule has 0 aliphatic heterocycles. The minimum absolute atomic E-state index is 0.00417. The van der Waals surface area contributed by atoms with Crippen molar-refractivity contribution in [2.75, 3.05) is 7.05 Å². The van der Waals surface area contributed by atoms with Crippen molar-refractivity contribution < 1.29 is 9.50 Å². The Bertz CT molecular complexity index is 428. The number of phenols is 1. The maximum Gasteiger partial charge on any atom is 0.206 e. The highest BCUT2D eigenvalue weighted by molar-refractivity contribution is 6.01. The van der Waals surface area contributed by atoms with E-state index in [1.54, 1.807) is 0 Å². The van der Waals surface area contributed by atoms with Crippen molar-refractivity contribution in [3.05, 3.63) is 29.6 Å². The number of benzene rings is 1. The lowest BCUT2D eigenvalue weighted by Gasteiger charge is -2.01. The van der Waals surface area contributed by atoms with E-state index in [1.165, 1.54) is 13.1 Å². The molecule has 0 bridgehead atoms. The van der Waals surface area contributed by atoms with Crippen LogP contribution in [0.2, 0.25) is 0 Å². The van der Waals surface area contributed by atoms with E-state index in [0.29, 0.717) is 0 Å². The molecular weight excluding hydrogens is 199 g/mol. The average molecular weight is 208 g/mol. The summed E-state index contributed by atoms with van der Waals surface area (Å²) in [6.07, 6.45) is 0. The number of rotatable bonds is 2. The number of hydrogen-bond donors (Lipinski definition) is 1.